The van der Waals surface area contributed by atoms with Gasteiger partial charge in [-0.05, 0) is 32.0 Å². The van der Waals surface area contributed by atoms with Gasteiger partial charge in [0.05, 0.1) is 17.4 Å². The SMILES string of the molecule is Cc1ccc(-n2ncc(C(=O)NCC3=CCNCC3)c2C(F)(F)F)cc1.Cl. The van der Waals surface area contributed by atoms with Crippen LogP contribution in [0.3, 0.4) is 0 Å². The highest BCUT2D eigenvalue weighted by atomic mass is 35.5. The van der Waals surface area contributed by atoms with Gasteiger partial charge in [-0.15, -0.1) is 12.4 Å². The lowest BCUT2D eigenvalue weighted by Gasteiger charge is -2.15. The molecule has 0 saturated carbocycles. The maximum atomic E-state index is 13.6. The molecule has 0 aliphatic carbocycles. The zero-order valence-electron chi connectivity index (χ0n) is 14.6. The van der Waals surface area contributed by atoms with Crippen molar-refractivity contribution in [1.82, 2.24) is 20.4 Å². The van der Waals surface area contributed by atoms with Gasteiger partial charge >= 0.3 is 6.18 Å². The summed E-state index contributed by atoms with van der Waals surface area (Å²) in [5.74, 6) is -0.782. The van der Waals surface area contributed by atoms with Gasteiger partial charge < -0.3 is 10.6 Å². The summed E-state index contributed by atoms with van der Waals surface area (Å²) in [7, 11) is 0. The van der Waals surface area contributed by atoms with Crippen molar-refractivity contribution in [2.24, 2.45) is 0 Å². The third-order valence-corrected chi connectivity index (χ3v) is 4.19. The quantitative estimate of drug-likeness (QED) is 0.774. The molecule has 0 bridgehead atoms. The van der Waals surface area contributed by atoms with Crippen LogP contribution in [0.25, 0.3) is 5.69 Å². The first-order valence-electron chi connectivity index (χ1n) is 8.25. The van der Waals surface area contributed by atoms with Crippen molar-refractivity contribution in [1.29, 1.82) is 0 Å². The number of nitrogens with one attached hydrogen (secondary N) is 2. The van der Waals surface area contributed by atoms with Gasteiger partial charge in [-0.1, -0.05) is 29.3 Å². The second kappa shape index (κ2) is 8.58. The Morgan fingerprint density at radius 1 is 1.30 bits per heavy atom. The van der Waals surface area contributed by atoms with E-state index in [9.17, 15) is 18.0 Å². The number of nitrogens with zero attached hydrogens (tertiary/aromatic N) is 2. The van der Waals surface area contributed by atoms with E-state index in [4.69, 9.17) is 0 Å². The van der Waals surface area contributed by atoms with Crippen molar-refractivity contribution < 1.29 is 18.0 Å². The number of aryl methyl sites for hydroxylation is 1. The number of hydrogen-bond acceptors (Lipinski definition) is 3. The maximum Gasteiger partial charge on any atom is 0.434 e. The van der Waals surface area contributed by atoms with Crippen molar-refractivity contribution in [3.05, 3.63) is 58.9 Å². The van der Waals surface area contributed by atoms with Crippen molar-refractivity contribution >= 4 is 18.3 Å². The summed E-state index contributed by atoms with van der Waals surface area (Å²) in [6.45, 7) is 3.56. The molecule has 2 N–H and O–H groups in total. The lowest BCUT2D eigenvalue weighted by Crippen LogP contribution is -2.31. The molecule has 1 aromatic heterocycles. The van der Waals surface area contributed by atoms with Crippen LogP contribution in [-0.4, -0.2) is 35.3 Å². The molecule has 0 atom stereocenters. The molecule has 0 saturated heterocycles. The Morgan fingerprint density at radius 3 is 2.59 bits per heavy atom. The van der Waals surface area contributed by atoms with Crippen molar-refractivity contribution in [2.75, 3.05) is 19.6 Å². The van der Waals surface area contributed by atoms with Crippen LogP contribution in [0.1, 0.15) is 28.0 Å². The van der Waals surface area contributed by atoms with Crippen LogP contribution in [0.2, 0.25) is 0 Å². The molecule has 0 spiro atoms. The number of carbonyl (C=O) groups excluding carboxylic acids is 1. The Hall–Kier alpha value is -2.32. The summed E-state index contributed by atoms with van der Waals surface area (Å²) < 4.78 is 41.6. The Kier molecular flexibility index (Phi) is 6.67. The molecule has 2 heterocycles. The predicted molar refractivity (Wildman–Crippen MR) is 98.5 cm³/mol. The normalized spacial score (nSPS) is 14.3. The lowest BCUT2D eigenvalue weighted by atomic mass is 10.1. The minimum absolute atomic E-state index is 0. The van der Waals surface area contributed by atoms with Crippen LogP contribution in [-0.2, 0) is 6.18 Å². The van der Waals surface area contributed by atoms with Crippen LogP contribution in [0.15, 0.2) is 42.1 Å². The number of carbonyl (C=O) groups is 1. The Bertz CT molecular complexity index is 828. The van der Waals surface area contributed by atoms with Gasteiger partial charge in [-0.2, -0.15) is 18.3 Å². The van der Waals surface area contributed by atoms with Crippen LogP contribution in [0.4, 0.5) is 13.2 Å². The Labute approximate surface area is 161 Å². The van der Waals surface area contributed by atoms with Crippen molar-refractivity contribution in [3.63, 3.8) is 0 Å². The van der Waals surface area contributed by atoms with E-state index >= 15 is 0 Å². The molecule has 1 aliphatic heterocycles. The molecule has 27 heavy (non-hydrogen) atoms. The van der Waals surface area contributed by atoms with E-state index < -0.39 is 23.3 Å². The molecule has 9 heteroatoms. The third-order valence-electron chi connectivity index (χ3n) is 4.19. The smallest absolute Gasteiger partial charge is 0.348 e. The minimum atomic E-state index is -4.71. The molecule has 146 valence electrons. The summed E-state index contributed by atoms with van der Waals surface area (Å²) in [5.41, 5.74) is 0.619. The summed E-state index contributed by atoms with van der Waals surface area (Å²) in [6.07, 6.45) is -1.05. The van der Waals surface area contributed by atoms with Gasteiger partial charge in [0, 0.05) is 13.1 Å². The molecule has 0 unspecified atom stereocenters. The number of hydrogen-bond donors (Lipinski definition) is 2. The molecule has 2 aromatic rings. The van der Waals surface area contributed by atoms with Gasteiger partial charge in [-0.3, -0.25) is 4.79 Å². The number of alkyl halides is 3. The number of aromatic nitrogens is 2. The fraction of sp³-hybridized carbons (Fsp3) is 0.333. The summed E-state index contributed by atoms with van der Waals surface area (Å²) >= 11 is 0. The highest BCUT2D eigenvalue weighted by Crippen LogP contribution is 2.33. The average molecular weight is 401 g/mol. The molecule has 0 radical (unpaired) electrons. The first kappa shape index (κ1) is 21.0. The van der Waals surface area contributed by atoms with Gasteiger partial charge in [0.25, 0.3) is 5.91 Å². The molecule has 1 aromatic carbocycles. The highest BCUT2D eigenvalue weighted by molar-refractivity contribution is 5.95. The maximum absolute atomic E-state index is 13.6. The largest absolute Gasteiger partial charge is 0.434 e. The molecular weight excluding hydrogens is 381 g/mol. The minimum Gasteiger partial charge on any atom is -0.348 e. The van der Waals surface area contributed by atoms with E-state index in [1.807, 2.05) is 13.0 Å². The van der Waals surface area contributed by atoms with Crippen LogP contribution < -0.4 is 10.6 Å². The predicted octanol–water partition coefficient (Wildman–Crippen LogP) is 3.27. The summed E-state index contributed by atoms with van der Waals surface area (Å²) in [4.78, 5) is 12.3. The molecule has 1 aliphatic rings. The van der Waals surface area contributed by atoms with E-state index in [1.165, 1.54) is 0 Å². The standard InChI is InChI=1S/C18H19F3N4O.ClH/c1-12-2-4-14(5-3-12)25-16(18(19,20)21)15(11-24-25)17(26)23-10-13-6-8-22-9-7-13;/h2-6,11,22H,7-10H2,1H3,(H,23,26);1H. The fourth-order valence-corrected chi connectivity index (χ4v) is 2.79. The van der Waals surface area contributed by atoms with E-state index in [1.54, 1.807) is 24.3 Å². The van der Waals surface area contributed by atoms with E-state index in [-0.39, 0.29) is 24.6 Å². The monoisotopic (exact) mass is 400 g/mol. The Morgan fingerprint density at radius 2 is 2.00 bits per heavy atom. The second-order valence-corrected chi connectivity index (χ2v) is 6.15. The zero-order valence-corrected chi connectivity index (χ0v) is 15.5. The molecule has 3 rings (SSSR count). The molecular formula is C18H20ClF3N4O. The summed E-state index contributed by atoms with van der Waals surface area (Å²) in [5, 5.41) is 9.51. The number of benzene rings is 1. The first-order chi connectivity index (χ1) is 12.4. The molecule has 0 fully saturated rings. The van der Waals surface area contributed by atoms with E-state index in [0.29, 0.717) is 6.54 Å². The molecule has 1 amide bonds. The number of halogens is 4. The lowest BCUT2D eigenvalue weighted by molar-refractivity contribution is -0.143. The Balaban J connectivity index is 0.00000261. The number of rotatable bonds is 4. The van der Waals surface area contributed by atoms with Crippen LogP contribution in [0, 0.1) is 6.92 Å². The van der Waals surface area contributed by atoms with Crippen molar-refractivity contribution in [3.8, 4) is 5.69 Å². The van der Waals surface area contributed by atoms with Crippen LogP contribution in [0.5, 0.6) is 0 Å². The average Bonchev–Trinajstić information content (AvgIpc) is 3.07. The van der Waals surface area contributed by atoms with Crippen molar-refractivity contribution in [2.45, 2.75) is 19.5 Å². The van der Waals surface area contributed by atoms with Gasteiger partial charge in [0.1, 0.15) is 0 Å². The highest BCUT2D eigenvalue weighted by Gasteiger charge is 2.40. The van der Waals surface area contributed by atoms with Gasteiger partial charge in [0.2, 0.25) is 0 Å². The number of amides is 1. The zero-order chi connectivity index (χ0) is 18.7. The molecule has 5 nitrogen and oxygen atoms in total. The van der Waals surface area contributed by atoms with Crippen LogP contribution >= 0.6 is 12.4 Å². The fourth-order valence-electron chi connectivity index (χ4n) is 2.79. The third kappa shape index (κ3) is 4.90. The van der Waals surface area contributed by atoms with Gasteiger partial charge in [0.15, 0.2) is 5.69 Å². The topological polar surface area (TPSA) is 59.0 Å². The van der Waals surface area contributed by atoms with E-state index in [0.717, 1.165) is 35.0 Å². The van der Waals surface area contributed by atoms with Gasteiger partial charge in [-0.25, -0.2) is 4.68 Å². The first-order valence-corrected chi connectivity index (χ1v) is 8.25. The van der Waals surface area contributed by atoms with E-state index in [2.05, 4.69) is 15.7 Å². The summed E-state index contributed by atoms with van der Waals surface area (Å²) in [6, 6.07) is 6.47. The second-order valence-electron chi connectivity index (χ2n) is 6.15.